The molecule has 10 heteroatoms. The molecule has 4 rings (SSSR count). The van der Waals surface area contributed by atoms with E-state index in [2.05, 4.69) is 16.9 Å². The van der Waals surface area contributed by atoms with Crippen molar-refractivity contribution in [3.8, 4) is 0 Å². The number of aryl methyl sites for hydroxylation is 1. The predicted octanol–water partition coefficient (Wildman–Crippen LogP) is 3.01. The third kappa shape index (κ3) is 5.99. The van der Waals surface area contributed by atoms with Gasteiger partial charge >= 0.3 is 5.76 Å². The summed E-state index contributed by atoms with van der Waals surface area (Å²) in [6, 6.07) is 13.8. The Bertz CT molecular complexity index is 1330. The lowest BCUT2D eigenvalue weighted by Crippen LogP contribution is -2.51. The van der Waals surface area contributed by atoms with Crippen molar-refractivity contribution in [1.82, 2.24) is 14.2 Å². The van der Waals surface area contributed by atoms with E-state index in [1.54, 1.807) is 23.7 Å². The first-order chi connectivity index (χ1) is 16.8. The van der Waals surface area contributed by atoms with Gasteiger partial charge in [0.15, 0.2) is 5.58 Å². The van der Waals surface area contributed by atoms with E-state index in [1.807, 2.05) is 24.5 Å². The second kappa shape index (κ2) is 11.0. The molecular weight excluding hydrogens is 486 g/mol. The molecule has 3 aromatic rings. The lowest BCUT2D eigenvalue weighted by Gasteiger charge is -2.34. The lowest BCUT2D eigenvalue weighted by atomic mass is 9.90. The first kappa shape index (κ1) is 25.5. The zero-order valence-electron chi connectivity index (χ0n) is 20.0. The normalized spacial score (nSPS) is 16.0. The molecule has 2 aromatic carbocycles. The molecule has 0 aliphatic carbocycles. The second-order valence-electron chi connectivity index (χ2n) is 8.97. The third-order valence-corrected chi connectivity index (χ3v) is 8.69. The number of likely N-dealkylation sites (tertiary alicyclic amines) is 1. The number of rotatable bonds is 9. The zero-order chi connectivity index (χ0) is 25.0. The van der Waals surface area contributed by atoms with Crippen LogP contribution in [0.4, 0.5) is 0 Å². The quantitative estimate of drug-likeness (QED) is 0.468. The van der Waals surface area contributed by atoms with Crippen molar-refractivity contribution < 1.29 is 17.6 Å². The number of amides is 1. The van der Waals surface area contributed by atoms with E-state index in [0.29, 0.717) is 36.7 Å². The number of fused-ring (bicyclic) bond motifs is 1. The molecule has 0 spiro atoms. The summed E-state index contributed by atoms with van der Waals surface area (Å²) in [7, 11) is -2.44. The summed E-state index contributed by atoms with van der Waals surface area (Å²) in [5.41, 5.74) is 1.99. The van der Waals surface area contributed by atoms with Gasteiger partial charge in [-0.25, -0.2) is 13.2 Å². The Labute approximate surface area is 209 Å². The van der Waals surface area contributed by atoms with E-state index >= 15 is 0 Å². The molecule has 1 atom stereocenters. The summed E-state index contributed by atoms with van der Waals surface area (Å²) in [6.07, 6.45) is 5.10. The van der Waals surface area contributed by atoms with Gasteiger partial charge in [-0.05, 0) is 61.3 Å². The van der Waals surface area contributed by atoms with Crippen molar-refractivity contribution in [1.29, 1.82) is 0 Å². The molecule has 1 aliphatic heterocycles. The highest BCUT2D eigenvalue weighted by atomic mass is 32.2. The summed E-state index contributed by atoms with van der Waals surface area (Å²) in [5.74, 6) is 0.407. The molecule has 0 radical (unpaired) electrons. The molecule has 1 fully saturated rings. The molecule has 188 valence electrons. The first-order valence-electron chi connectivity index (χ1n) is 11.7. The van der Waals surface area contributed by atoms with E-state index in [-0.39, 0.29) is 16.4 Å². The lowest BCUT2D eigenvalue weighted by molar-refractivity contribution is -0.134. The van der Waals surface area contributed by atoms with Crippen LogP contribution in [0.1, 0.15) is 24.8 Å². The zero-order valence-corrected chi connectivity index (χ0v) is 21.6. The fourth-order valence-electron chi connectivity index (χ4n) is 4.53. The highest BCUT2D eigenvalue weighted by molar-refractivity contribution is 7.98. The summed E-state index contributed by atoms with van der Waals surface area (Å²) in [5, 5.41) is 0. The summed E-state index contributed by atoms with van der Waals surface area (Å²) in [6.45, 7) is 1.24. The van der Waals surface area contributed by atoms with Gasteiger partial charge in [0.25, 0.3) is 0 Å². The number of oxazole rings is 1. The minimum Gasteiger partial charge on any atom is -0.408 e. The van der Waals surface area contributed by atoms with Crippen LogP contribution in [0.3, 0.4) is 0 Å². The summed E-state index contributed by atoms with van der Waals surface area (Å²) >= 11 is 1.57. The Morgan fingerprint density at radius 1 is 1.17 bits per heavy atom. The number of carbonyl (C=O) groups is 1. The molecule has 0 saturated carbocycles. The SMILES string of the molecule is CSCC[C@@H](NS(=O)(=O)c1ccc2c(c1)oc(=O)n2C)C(=O)N1CCC(Cc2ccccc2)CC1. The van der Waals surface area contributed by atoms with Crippen molar-refractivity contribution in [2.45, 2.75) is 36.6 Å². The number of carbonyl (C=O) groups excluding carboxylic acids is 1. The van der Waals surface area contributed by atoms with E-state index in [0.717, 1.165) is 19.3 Å². The van der Waals surface area contributed by atoms with Crippen LogP contribution in [0.5, 0.6) is 0 Å². The van der Waals surface area contributed by atoms with Gasteiger partial charge in [0.05, 0.1) is 10.4 Å². The van der Waals surface area contributed by atoms with Gasteiger partial charge < -0.3 is 9.32 Å². The van der Waals surface area contributed by atoms with Gasteiger partial charge in [0.1, 0.15) is 6.04 Å². The monoisotopic (exact) mass is 517 g/mol. The first-order valence-corrected chi connectivity index (χ1v) is 14.6. The largest absolute Gasteiger partial charge is 0.419 e. The summed E-state index contributed by atoms with van der Waals surface area (Å²) < 4.78 is 35.4. The number of benzene rings is 2. The maximum atomic E-state index is 13.4. The molecule has 1 amide bonds. The number of nitrogens with zero attached hydrogens (tertiary/aromatic N) is 2. The Balaban J connectivity index is 1.44. The maximum Gasteiger partial charge on any atom is 0.419 e. The average Bonchev–Trinajstić information content (AvgIpc) is 3.15. The Morgan fingerprint density at radius 3 is 2.57 bits per heavy atom. The van der Waals surface area contributed by atoms with Gasteiger partial charge in [0, 0.05) is 26.2 Å². The van der Waals surface area contributed by atoms with Gasteiger partial charge in [0.2, 0.25) is 15.9 Å². The van der Waals surface area contributed by atoms with E-state index < -0.39 is 21.8 Å². The number of aromatic nitrogens is 1. The van der Waals surface area contributed by atoms with Crippen LogP contribution in [-0.2, 0) is 28.3 Å². The number of piperidine rings is 1. The van der Waals surface area contributed by atoms with Gasteiger partial charge in [-0.2, -0.15) is 16.5 Å². The van der Waals surface area contributed by atoms with E-state index in [9.17, 15) is 18.0 Å². The molecule has 1 saturated heterocycles. The van der Waals surface area contributed by atoms with Crippen molar-refractivity contribution in [3.63, 3.8) is 0 Å². The van der Waals surface area contributed by atoms with Crippen molar-refractivity contribution >= 4 is 38.8 Å². The number of nitrogens with one attached hydrogen (secondary N) is 1. The van der Waals surface area contributed by atoms with Gasteiger partial charge in [-0.15, -0.1) is 0 Å². The minimum atomic E-state index is -4.00. The van der Waals surface area contributed by atoms with Gasteiger partial charge in [-0.3, -0.25) is 9.36 Å². The highest BCUT2D eigenvalue weighted by Gasteiger charge is 2.31. The molecule has 0 bridgehead atoms. The van der Waals surface area contributed by atoms with Crippen molar-refractivity contribution in [2.75, 3.05) is 25.1 Å². The van der Waals surface area contributed by atoms with Crippen LogP contribution in [0.25, 0.3) is 11.1 Å². The van der Waals surface area contributed by atoms with Crippen molar-refractivity contribution in [2.24, 2.45) is 13.0 Å². The van der Waals surface area contributed by atoms with Crippen LogP contribution in [0.15, 0.2) is 62.6 Å². The number of sulfonamides is 1. The Hall–Kier alpha value is -2.56. The fourth-order valence-corrected chi connectivity index (χ4v) is 6.24. The number of hydrogen-bond donors (Lipinski definition) is 1. The molecule has 1 aliphatic rings. The topological polar surface area (TPSA) is 102 Å². The number of thioether (sulfide) groups is 1. The Kier molecular flexibility index (Phi) is 8.03. The molecule has 1 N–H and O–H groups in total. The van der Waals surface area contributed by atoms with E-state index in [4.69, 9.17) is 4.42 Å². The highest BCUT2D eigenvalue weighted by Crippen LogP contribution is 2.23. The molecule has 2 heterocycles. The smallest absolute Gasteiger partial charge is 0.408 e. The summed E-state index contributed by atoms with van der Waals surface area (Å²) in [4.78, 5) is 26.9. The van der Waals surface area contributed by atoms with Gasteiger partial charge in [-0.1, -0.05) is 30.3 Å². The minimum absolute atomic E-state index is 0.0390. The molecular formula is C25H31N3O5S2. The van der Waals surface area contributed by atoms with Crippen molar-refractivity contribution in [3.05, 3.63) is 64.6 Å². The molecule has 8 nitrogen and oxygen atoms in total. The third-order valence-electron chi connectivity index (χ3n) is 6.57. The standard InChI is InChI=1S/C25H31N3O5S2/c1-27-22-9-8-20(17-23(22)33-25(27)30)35(31,32)26-21(12-15-34-2)24(29)28-13-10-19(11-14-28)16-18-6-4-3-5-7-18/h3-9,17,19,21,26H,10-16H2,1-2H3/t21-/m1/s1. The van der Waals surface area contributed by atoms with Crippen LogP contribution >= 0.6 is 11.8 Å². The van der Waals surface area contributed by atoms with Crippen LogP contribution < -0.4 is 10.5 Å². The van der Waals surface area contributed by atoms with Crippen LogP contribution in [-0.4, -0.2) is 54.9 Å². The predicted molar refractivity (Wildman–Crippen MR) is 138 cm³/mol. The maximum absolute atomic E-state index is 13.4. The molecule has 0 unspecified atom stereocenters. The second-order valence-corrected chi connectivity index (χ2v) is 11.7. The van der Waals surface area contributed by atoms with E-state index in [1.165, 1.54) is 28.3 Å². The van der Waals surface area contributed by atoms with Crippen LogP contribution in [0.2, 0.25) is 0 Å². The van der Waals surface area contributed by atoms with Crippen LogP contribution in [0, 0.1) is 5.92 Å². The molecule has 35 heavy (non-hydrogen) atoms. The Morgan fingerprint density at radius 2 is 1.89 bits per heavy atom. The number of hydrogen-bond acceptors (Lipinski definition) is 6. The molecule has 1 aromatic heterocycles. The fraction of sp³-hybridized carbons (Fsp3) is 0.440. The average molecular weight is 518 g/mol.